The van der Waals surface area contributed by atoms with Gasteiger partial charge in [0.05, 0.1) is 12.0 Å². The second kappa shape index (κ2) is 7.69. The van der Waals surface area contributed by atoms with Crippen LogP contribution < -0.4 is 0 Å². The SMILES string of the molecule is Cc1c(F)ccc2oc([C@@H]3c4nc[nH]c4CCN3C(=O)c3oc(C(C)(C)O)nc3C(F)F)nc12. The van der Waals surface area contributed by atoms with E-state index >= 15 is 0 Å². The monoisotopic (exact) mass is 475 g/mol. The number of hydrogen-bond donors (Lipinski definition) is 2. The fraction of sp³-hybridized carbons (Fsp3) is 0.364. The van der Waals surface area contributed by atoms with Crippen LogP contribution in [-0.4, -0.2) is 42.4 Å². The van der Waals surface area contributed by atoms with Crippen molar-refractivity contribution < 1.29 is 31.9 Å². The third kappa shape index (κ3) is 3.45. The molecule has 0 saturated carbocycles. The van der Waals surface area contributed by atoms with Gasteiger partial charge in [-0.2, -0.15) is 0 Å². The van der Waals surface area contributed by atoms with Gasteiger partial charge in [0.1, 0.15) is 16.9 Å². The first kappa shape index (κ1) is 22.1. The molecule has 34 heavy (non-hydrogen) atoms. The van der Waals surface area contributed by atoms with Crippen molar-refractivity contribution in [3.05, 3.63) is 64.5 Å². The summed E-state index contributed by atoms with van der Waals surface area (Å²) < 4.78 is 52.7. The number of H-pyrrole nitrogens is 1. The molecule has 0 fully saturated rings. The van der Waals surface area contributed by atoms with Crippen LogP contribution in [0.25, 0.3) is 11.1 Å². The molecule has 4 aromatic rings. The lowest BCUT2D eigenvalue weighted by atomic mass is 10.0. The molecule has 5 rings (SSSR count). The summed E-state index contributed by atoms with van der Waals surface area (Å²) in [4.78, 5) is 30.2. The van der Waals surface area contributed by atoms with Gasteiger partial charge in [-0.25, -0.2) is 28.1 Å². The van der Waals surface area contributed by atoms with Crippen LogP contribution in [0.3, 0.4) is 0 Å². The number of benzene rings is 1. The van der Waals surface area contributed by atoms with Crippen molar-refractivity contribution in [2.75, 3.05) is 6.54 Å². The Morgan fingerprint density at radius 3 is 2.76 bits per heavy atom. The summed E-state index contributed by atoms with van der Waals surface area (Å²) in [5.74, 6) is -2.40. The molecule has 4 heterocycles. The second-order valence-electron chi connectivity index (χ2n) is 8.58. The third-order valence-corrected chi connectivity index (χ3v) is 5.76. The zero-order valence-electron chi connectivity index (χ0n) is 18.4. The number of aromatic nitrogens is 4. The number of halogens is 3. The smallest absolute Gasteiger partial charge is 0.292 e. The molecule has 3 aromatic heterocycles. The quantitative estimate of drug-likeness (QED) is 0.459. The number of oxazole rings is 2. The van der Waals surface area contributed by atoms with Gasteiger partial charge in [-0.05, 0) is 32.9 Å². The molecule has 2 N–H and O–H groups in total. The van der Waals surface area contributed by atoms with Crippen molar-refractivity contribution in [2.45, 2.75) is 45.3 Å². The highest BCUT2D eigenvalue weighted by atomic mass is 19.3. The molecule has 1 aliphatic heterocycles. The van der Waals surface area contributed by atoms with Gasteiger partial charge in [-0.1, -0.05) is 0 Å². The number of hydrogen-bond acceptors (Lipinski definition) is 7. The van der Waals surface area contributed by atoms with Crippen molar-refractivity contribution in [3.63, 3.8) is 0 Å². The summed E-state index contributed by atoms with van der Waals surface area (Å²) >= 11 is 0. The molecule has 178 valence electrons. The van der Waals surface area contributed by atoms with Crippen LogP contribution in [0.5, 0.6) is 0 Å². The number of aliphatic hydroxyl groups is 1. The Labute approximate surface area is 190 Å². The van der Waals surface area contributed by atoms with Crippen LogP contribution in [0.2, 0.25) is 0 Å². The molecule has 1 aromatic carbocycles. The number of fused-ring (bicyclic) bond motifs is 2. The number of carbonyl (C=O) groups excluding carboxylic acids is 1. The Morgan fingerprint density at radius 1 is 1.29 bits per heavy atom. The third-order valence-electron chi connectivity index (χ3n) is 5.76. The minimum atomic E-state index is -3.11. The summed E-state index contributed by atoms with van der Waals surface area (Å²) in [5.41, 5.74) is -0.546. The van der Waals surface area contributed by atoms with Crippen LogP contribution in [0.1, 0.15) is 71.3 Å². The number of aromatic amines is 1. The lowest BCUT2D eigenvalue weighted by Gasteiger charge is -2.32. The molecule has 0 bridgehead atoms. The van der Waals surface area contributed by atoms with E-state index in [0.717, 1.165) is 5.69 Å². The number of imidazole rings is 1. The average Bonchev–Trinajstić information content (AvgIpc) is 3.52. The minimum absolute atomic E-state index is 0.0472. The number of alkyl halides is 2. The highest BCUT2D eigenvalue weighted by Gasteiger charge is 2.42. The van der Waals surface area contributed by atoms with E-state index in [-0.39, 0.29) is 23.5 Å². The van der Waals surface area contributed by atoms with Crippen molar-refractivity contribution in [1.82, 2.24) is 24.8 Å². The molecule has 0 radical (unpaired) electrons. The van der Waals surface area contributed by atoms with Gasteiger partial charge >= 0.3 is 0 Å². The Hall–Kier alpha value is -3.67. The molecule has 0 saturated heterocycles. The van der Waals surface area contributed by atoms with Crippen LogP contribution in [0.15, 0.2) is 27.3 Å². The predicted octanol–water partition coefficient (Wildman–Crippen LogP) is 3.94. The Balaban J connectivity index is 1.64. The van der Waals surface area contributed by atoms with Crippen LogP contribution in [0, 0.1) is 12.7 Å². The molecule has 9 nitrogen and oxygen atoms in total. The van der Waals surface area contributed by atoms with Gasteiger partial charge in [0.25, 0.3) is 12.3 Å². The van der Waals surface area contributed by atoms with Gasteiger partial charge < -0.3 is 23.8 Å². The van der Waals surface area contributed by atoms with E-state index < -0.39 is 47.1 Å². The molecule has 1 amide bonds. The number of nitrogens with one attached hydrogen (secondary N) is 1. The highest BCUT2D eigenvalue weighted by Crippen LogP contribution is 2.38. The molecular weight excluding hydrogens is 455 g/mol. The summed E-state index contributed by atoms with van der Waals surface area (Å²) in [7, 11) is 0. The molecule has 1 aliphatic rings. The van der Waals surface area contributed by atoms with Crippen LogP contribution in [0.4, 0.5) is 13.2 Å². The lowest BCUT2D eigenvalue weighted by Crippen LogP contribution is -2.41. The summed E-state index contributed by atoms with van der Waals surface area (Å²) in [6.07, 6.45) is -1.30. The molecule has 0 unspecified atom stereocenters. The lowest BCUT2D eigenvalue weighted by molar-refractivity contribution is 0.0436. The standard InChI is InChI=1S/C22H20F3N5O4/c1-9-10(23)4-5-12-13(9)28-19(33-12)16-14-11(26-8-27-14)6-7-30(16)20(31)17-15(18(24)25)29-21(34-17)22(2,3)32/h4-5,8,16,18,32H,6-7H2,1-3H3,(H,26,27)/t16-/m0/s1. The average molecular weight is 475 g/mol. The minimum Gasteiger partial charge on any atom is -0.438 e. The van der Waals surface area contributed by atoms with E-state index in [2.05, 4.69) is 19.9 Å². The molecule has 0 aliphatic carbocycles. The topological polar surface area (TPSA) is 121 Å². The maximum Gasteiger partial charge on any atom is 0.292 e. The maximum absolute atomic E-state index is 14.1. The fourth-order valence-electron chi connectivity index (χ4n) is 4.01. The van der Waals surface area contributed by atoms with Gasteiger partial charge in [0.2, 0.25) is 17.5 Å². The van der Waals surface area contributed by atoms with E-state index in [9.17, 15) is 23.1 Å². The van der Waals surface area contributed by atoms with Crippen molar-refractivity contribution in [2.24, 2.45) is 0 Å². The Bertz CT molecular complexity index is 1400. The molecular formula is C22H20F3N5O4. The van der Waals surface area contributed by atoms with Crippen molar-refractivity contribution in [3.8, 4) is 0 Å². The predicted molar refractivity (Wildman–Crippen MR) is 111 cm³/mol. The Kier molecular flexibility index (Phi) is 5.01. The normalized spacial score (nSPS) is 16.5. The first-order valence-electron chi connectivity index (χ1n) is 10.5. The number of carbonyl (C=O) groups is 1. The fourth-order valence-corrected chi connectivity index (χ4v) is 4.01. The second-order valence-corrected chi connectivity index (χ2v) is 8.58. The highest BCUT2D eigenvalue weighted by molar-refractivity contribution is 5.93. The van der Waals surface area contributed by atoms with Gasteiger partial charge in [0, 0.05) is 24.2 Å². The number of aryl methyl sites for hydroxylation is 1. The summed E-state index contributed by atoms with van der Waals surface area (Å²) in [6.45, 7) is 4.27. The first-order chi connectivity index (χ1) is 16.1. The number of rotatable bonds is 4. The number of nitrogens with zero attached hydrogens (tertiary/aromatic N) is 4. The van der Waals surface area contributed by atoms with E-state index in [1.807, 2.05) is 0 Å². The largest absolute Gasteiger partial charge is 0.438 e. The van der Waals surface area contributed by atoms with E-state index in [0.29, 0.717) is 17.7 Å². The zero-order valence-corrected chi connectivity index (χ0v) is 18.4. The maximum atomic E-state index is 14.1. The van der Waals surface area contributed by atoms with E-state index in [1.165, 1.54) is 37.2 Å². The van der Waals surface area contributed by atoms with Gasteiger partial charge in [-0.3, -0.25) is 4.79 Å². The van der Waals surface area contributed by atoms with Crippen LogP contribution >= 0.6 is 0 Å². The first-order valence-corrected chi connectivity index (χ1v) is 10.5. The van der Waals surface area contributed by atoms with Crippen molar-refractivity contribution >= 4 is 17.0 Å². The summed E-state index contributed by atoms with van der Waals surface area (Å²) in [6, 6.07) is 1.69. The zero-order chi connectivity index (χ0) is 24.4. The summed E-state index contributed by atoms with van der Waals surface area (Å²) in [5, 5.41) is 10.2. The Morgan fingerprint density at radius 2 is 2.06 bits per heavy atom. The van der Waals surface area contributed by atoms with Crippen molar-refractivity contribution in [1.29, 1.82) is 0 Å². The number of amides is 1. The van der Waals surface area contributed by atoms with Crippen LogP contribution in [-0.2, 0) is 12.0 Å². The molecule has 1 atom stereocenters. The van der Waals surface area contributed by atoms with Gasteiger partial charge in [-0.15, -0.1) is 0 Å². The molecule has 12 heteroatoms. The van der Waals surface area contributed by atoms with E-state index in [4.69, 9.17) is 8.83 Å². The molecule has 0 spiro atoms. The van der Waals surface area contributed by atoms with E-state index in [1.54, 1.807) is 6.92 Å². The van der Waals surface area contributed by atoms with Gasteiger partial charge in [0.15, 0.2) is 17.3 Å².